The summed E-state index contributed by atoms with van der Waals surface area (Å²) in [4.78, 5) is 33.4. The van der Waals surface area contributed by atoms with Crippen molar-refractivity contribution in [2.24, 2.45) is 0 Å². The van der Waals surface area contributed by atoms with E-state index in [0.717, 1.165) is 37.2 Å². The third kappa shape index (κ3) is 4.78. The predicted octanol–water partition coefficient (Wildman–Crippen LogP) is 3.08. The largest absolute Gasteiger partial charge is 0.474 e. The molecule has 1 saturated heterocycles. The first-order valence-corrected chi connectivity index (χ1v) is 11.6. The Hall–Kier alpha value is -4.05. The van der Waals surface area contributed by atoms with E-state index in [1.807, 2.05) is 31.2 Å². The summed E-state index contributed by atoms with van der Waals surface area (Å²) >= 11 is 0. The van der Waals surface area contributed by atoms with Crippen molar-refractivity contribution in [2.75, 3.05) is 25.5 Å². The Balaban J connectivity index is 1.54. The number of hydrogen-bond acceptors (Lipinski definition) is 8. The van der Waals surface area contributed by atoms with Crippen molar-refractivity contribution in [3.05, 3.63) is 71.4 Å². The standard InChI is InChI=1S/C25H28N8O2/c1-4-10-32-24(34)20-16-27-25(28-18-13-17(2)14-26-15-18)30-23(20)33(32)21-6-5-7-22(29-21)35-19-8-11-31(3)12-9-19/h4-7,13-16,19H,1,8-12H2,2-3H3,(H,27,28,30). The molecular weight excluding hydrogens is 444 g/mol. The van der Waals surface area contributed by atoms with Crippen molar-refractivity contribution in [1.82, 2.24) is 34.2 Å². The molecule has 0 amide bonds. The van der Waals surface area contributed by atoms with Crippen LogP contribution in [0.4, 0.5) is 11.6 Å². The Kier molecular flexibility index (Phi) is 6.28. The molecule has 180 valence electrons. The maximum Gasteiger partial charge on any atom is 0.278 e. The third-order valence-corrected chi connectivity index (χ3v) is 5.99. The molecule has 0 spiro atoms. The minimum atomic E-state index is -0.216. The normalized spacial score (nSPS) is 14.8. The van der Waals surface area contributed by atoms with Crippen LogP contribution in [0.1, 0.15) is 18.4 Å². The van der Waals surface area contributed by atoms with Crippen molar-refractivity contribution < 1.29 is 4.74 Å². The van der Waals surface area contributed by atoms with Crippen LogP contribution in [0.15, 0.2) is 60.3 Å². The fraction of sp³-hybridized carbons (Fsp3) is 0.320. The SMILES string of the molecule is C=CCn1c(=O)c2cnc(Nc3cncc(C)c3)nc2n1-c1cccc(OC2CCN(C)CC2)n1. The van der Waals surface area contributed by atoms with Crippen molar-refractivity contribution >= 4 is 22.7 Å². The molecule has 10 heteroatoms. The number of piperidine rings is 1. The molecular formula is C25H28N8O2. The van der Waals surface area contributed by atoms with E-state index in [-0.39, 0.29) is 11.7 Å². The molecule has 4 aromatic heterocycles. The third-order valence-electron chi connectivity index (χ3n) is 5.99. The van der Waals surface area contributed by atoms with E-state index >= 15 is 0 Å². The van der Waals surface area contributed by atoms with Crippen LogP contribution in [0.5, 0.6) is 5.88 Å². The molecule has 0 aliphatic carbocycles. The summed E-state index contributed by atoms with van der Waals surface area (Å²) in [6.45, 7) is 8.05. The zero-order valence-electron chi connectivity index (χ0n) is 19.9. The lowest BCUT2D eigenvalue weighted by Gasteiger charge is -2.29. The molecule has 1 fully saturated rings. The van der Waals surface area contributed by atoms with E-state index in [1.54, 1.807) is 27.8 Å². The Bertz CT molecular complexity index is 1420. The summed E-state index contributed by atoms with van der Waals surface area (Å²) in [5.74, 6) is 1.41. The molecule has 0 unspecified atom stereocenters. The Morgan fingerprint density at radius 2 is 2.03 bits per heavy atom. The monoisotopic (exact) mass is 472 g/mol. The topological polar surface area (TPSA) is 103 Å². The van der Waals surface area contributed by atoms with E-state index in [1.165, 1.54) is 6.20 Å². The van der Waals surface area contributed by atoms with Gasteiger partial charge in [-0.1, -0.05) is 12.1 Å². The number of aromatic nitrogens is 6. The van der Waals surface area contributed by atoms with Crippen molar-refractivity contribution in [2.45, 2.75) is 32.4 Å². The number of allylic oxidation sites excluding steroid dienone is 1. The van der Waals surface area contributed by atoms with Gasteiger partial charge in [-0.2, -0.15) is 9.97 Å². The number of pyridine rings is 2. The van der Waals surface area contributed by atoms with Crippen LogP contribution in [0.25, 0.3) is 16.9 Å². The maximum absolute atomic E-state index is 13.2. The highest BCUT2D eigenvalue weighted by atomic mass is 16.5. The number of aryl methyl sites for hydroxylation is 1. The second-order valence-corrected chi connectivity index (χ2v) is 8.75. The van der Waals surface area contributed by atoms with Gasteiger partial charge in [-0.15, -0.1) is 6.58 Å². The van der Waals surface area contributed by atoms with Gasteiger partial charge in [-0.05, 0) is 44.5 Å². The second-order valence-electron chi connectivity index (χ2n) is 8.75. The highest BCUT2D eigenvalue weighted by Crippen LogP contribution is 2.21. The molecule has 5 heterocycles. The molecule has 4 aromatic rings. The Morgan fingerprint density at radius 1 is 1.20 bits per heavy atom. The van der Waals surface area contributed by atoms with Gasteiger partial charge in [-0.25, -0.2) is 14.3 Å². The summed E-state index contributed by atoms with van der Waals surface area (Å²) in [7, 11) is 2.12. The van der Waals surface area contributed by atoms with Gasteiger partial charge in [0, 0.05) is 31.5 Å². The quantitative estimate of drug-likeness (QED) is 0.410. The number of nitrogens with zero attached hydrogens (tertiary/aromatic N) is 7. The molecule has 1 aliphatic rings. The number of ether oxygens (including phenoxy) is 1. The van der Waals surface area contributed by atoms with Gasteiger partial charge in [0.15, 0.2) is 11.5 Å². The maximum atomic E-state index is 13.2. The van der Waals surface area contributed by atoms with Crippen molar-refractivity contribution in [3.63, 3.8) is 0 Å². The number of hydrogen-bond donors (Lipinski definition) is 1. The van der Waals surface area contributed by atoms with Crippen LogP contribution < -0.4 is 15.6 Å². The molecule has 0 atom stereocenters. The molecule has 0 saturated carbocycles. The molecule has 35 heavy (non-hydrogen) atoms. The van der Waals surface area contributed by atoms with E-state index in [4.69, 9.17) is 9.72 Å². The lowest BCUT2D eigenvalue weighted by Crippen LogP contribution is -2.35. The fourth-order valence-corrected chi connectivity index (χ4v) is 4.22. The minimum Gasteiger partial charge on any atom is -0.474 e. The first-order valence-electron chi connectivity index (χ1n) is 11.6. The van der Waals surface area contributed by atoms with Crippen LogP contribution in [0.3, 0.4) is 0 Å². The summed E-state index contributed by atoms with van der Waals surface area (Å²) in [6.07, 6.45) is 8.69. The summed E-state index contributed by atoms with van der Waals surface area (Å²) < 4.78 is 9.43. The fourth-order valence-electron chi connectivity index (χ4n) is 4.22. The molecule has 0 radical (unpaired) electrons. The van der Waals surface area contributed by atoms with Crippen molar-refractivity contribution in [3.8, 4) is 11.7 Å². The molecule has 1 N–H and O–H groups in total. The lowest BCUT2D eigenvalue weighted by atomic mass is 10.1. The minimum absolute atomic E-state index is 0.117. The van der Waals surface area contributed by atoms with Gasteiger partial charge in [0.2, 0.25) is 11.8 Å². The van der Waals surface area contributed by atoms with E-state index in [2.05, 4.69) is 38.8 Å². The highest BCUT2D eigenvalue weighted by molar-refractivity contribution is 5.77. The van der Waals surface area contributed by atoms with Gasteiger partial charge in [0.05, 0.1) is 18.4 Å². The van der Waals surface area contributed by atoms with Crippen LogP contribution in [0, 0.1) is 6.92 Å². The van der Waals surface area contributed by atoms with E-state index in [0.29, 0.717) is 35.2 Å². The number of likely N-dealkylation sites (tertiary alicyclic amines) is 1. The molecule has 1 aliphatic heterocycles. The van der Waals surface area contributed by atoms with Gasteiger partial charge < -0.3 is 15.0 Å². The number of fused-ring (bicyclic) bond motifs is 1. The van der Waals surface area contributed by atoms with Crippen LogP contribution in [-0.2, 0) is 6.54 Å². The second kappa shape index (κ2) is 9.67. The highest BCUT2D eigenvalue weighted by Gasteiger charge is 2.21. The molecule has 5 rings (SSSR count). The van der Waals surface area contributed by atoms with Gasteiger partial charge in [-0.3, -0.25) is 9.78 Å². The van der Waals surface area contributed by atoms with Gasteiger partial charge in [0.1, 0.15) is 11.5 Å². The van der Waals surface area contributed by atoms with E-state index < -0.39 is 0 Å². The molecule has 0 aromatic carbocycles. The van der Waals surface area contributed by atoms with Crippen LogP contribution >= 0.6 is 0 Å². The Morgan fingerprint density at radius 3 is 2.80 bits per heavy atom. The summed E-state index contributed by atoms with van der Waals surface area (Å²) in [5.41, 5.74) is 2.00. The number of rotatable bonds is 7. The zero-order chi connectivity index (χ0) is 24.4. The van der Waals surface area contributed by atoms with Gasteiger partial charge >= 0.3 is 0 Å². The predicted molar refractivity (Wildman–Crippen MR) is 135 cm³/mol. The Labute approximate surface area is 202 Å². The first-order chi connectivity index (χ1) is 17.0. The first kappa shape index (κ1) is 22.7. The van der Waals surface area contributed by atoms with Crippen LogP contribution in [-0.4, -0.2) is 60.4 Å². The smallest absolute Gasteiger partial charge is 0.278 e. The molecule has 0 bridgehead atoms. The molecule has 10 nitrogen and oxygen atoms in total. The average Bonchev–Trinajstić information content (AvgIpc) is 3.12. The average molecular weight is 473 g/mol. The summed E-state index contributed by atoms with van der Waals surface area (Å²) in [5, 5.41) is 3.56. The van der Waals surface area contributed by atoms with Crippen molar-refractivity contribution in [1.29, 1.82) is 0 Å². The van der Waals surface area contributed by atoms with Gasteiger partial charge in [0.25, 0.3) is 5.56 Å². The zero-order valence-corrected chi connectivity index (χ0v) is 19.9. The number of anilines is 2. The summed E-state index contributed by atoms with van der Waals surface area (Å²) in [6, 6.07) is 7.50. The lowest BCUT2D eigenvalue weighted by molar-refractivity contribution is 0.110. The van der Waals surface area contributed by atoms with Crippen LogP contribution in [0.2, 0.25) is 0 Å². The number of nitrogens with one attached hydrogen (secondary N) is 1. The van der Waals surface area contributed by atoms with E-state index in [9.17, 15) is 4.79 Å².